The monoisotopic (exact) mass is 315 g/mol. The third-order valence-electron chi connectivity index (χ3n) is 5.09. The minimum absolute atomic E-state index is 0.0113. The summed E-state index contributed by atoms with van der Waals surface area (Å²) >= 11 is 0. The molecule has 1 aliphatic carbocycles. The van der Waals surface area contributed by atoms with Crippen molar-refractivity contribution in [2.24, 2.45) is 5.73 Å². The van der Waals surface area contributed by atoms with Crippen molar-refractivity contribution in [1.82, 2.24) is 10.2 Å². The molecule has 2 amide bonds. The second-order valence-corrected chi connectivity index (χ2v) is 6.77. The summed E-state index contributed by atoms with van der Waals surface area (Å²) in [5, 5.41) is 3.10. The van der Waals surface area contributed by atoms with Gasteiger partial charge >= 0.3 is 0 Å². The molecule has 0 bridgehead atoms. The quantitative estimate of drug-likeness (QED) is 0.891. The molecule has 1 saturated heterocycles. The maximum atomic E-state index is 12.4. The van der Waals surface area contributed by atoms with E-state index in [0.29, 0.717) is 13.1 Å². The highest BCUT2D eigenvalue weighted by Crippen LogP contribution is 2.27. The lowest BCUT2D eigenvalue weighted by atomic mass is 9.96. The highest BCUT2D eigenvalue weighted by molar-refractivity contribution is 5.94. The fraction of sp³-hybridized carbons (Fsp3) is 0.556. The van der Waals surface area contributed by atoms with E-state index in [-0.39, 0.29) is 17.9 Å². The molecule has 1 aromatic rings. The number of carbonyl (C=O) groups is 2. The van der Waals surface area contributed by atoms with Crippen LogP contribution in [0.3, 0.4) is 0 Å². The zero-order valence-corrected chi connectivity index (χ0v) is 13.5. The van der Waals surface area contributed by atoms with Crippen LogP contribution < -0.4 is 11.1 Å². The summed E-state index contributed by atoms with van der Waals surface area (Å²) in [4.78, 5) is 26.6. The molecule has 0 aromatic heterocycles. The lowest BCUT2D eigenvalue weighted by molar-refractivity contribution is -0.127. The molecule has 2 aliphatic rings. The zero-order valence-electron chi connectivity index (χ0n) is 13.5. The number of amides is 2. The van der Waals surface area contributed by atoms with E-state index in [1.165, 1.54) is 0 Å². The summed E-state index contributed by atoms with van der Waals surface area (Å²) in [5.41, 5.74) is 6.25. The summed E-state index contributed by atoms with van der Waals surface area (Å²) in [5.74, 6) is 0.0595. The average molecular weight is 315 g/mol. The van der Waals surface area contributed by atoms with Crippen molar-refractivity contribution in [3.05, 3.63) is 35.9 Å². The molecule has 3 N–H and O–H groups in total. The van der Waals surface area contributed by atoms with E-state index in [2.05, 4.69) is 5.32 Å². The second-order valence-electron chi connectivity index (χ2n) is 6.77. The van der Waals surface area contributed by atoms with Gasteiger partial charge in [-0.25, -0.2) is 0 Å². The highest BCUT2D eigenvalue weighted by atomic mass is 16.2. The molecule has 1 aliphatic heterocycles. The van der Waals surface area contributed by atoms with Gasteiger partial charge in [0.15, 0.2) is 0 Å². The van der Waals surface area contributed by atoms with Crippen molar-refractivity contribution in [3.8, 4) is 0 Å². The fourth-order valence-electron chi connectivity index (χ4n) is 3.55. The smallest absolute Gasteiger partial charge is 0.253 e. The normalized spacial score (nSPS) is 21.2. The summed E-state index contributed by atoms with van der Waals surface area (Å²) in [7, 11) is 0. The number of hydrogen-bond acceptors (Lipinski definition) is 3. The van der Waals surface area contributed by atoms with E-state index >= 15 is 0 Å². The SMILES string of the molecule is NC1(C(=O)NC2CCN(C(=O)c3ccccc3)CC2)CCCC1. The Balaban J connectivity index is 1.51. The van der Waals surface area contributed by atoms with E-state index in [9.17, 15) is 9.59 Å². The largest absolute Gasteiger partial charge is 0.352 e. The Morgan fingerprint density at radius 3 is 2.30 bits per heavy atom. The van der Waals surface area contributed by atoms with Crippen molar-refractivity contribution >= 4 is 11.8 Å². The molecule has 1 saturated carbocycles. The van der Waals surface area contributed by atoms with Crippen LogP contribution in [0.1, 0.15) is 48.9 Å². The molecule has 1 aromatic carbocycles. The Morgan fingerprint density at radius 1 is 1.09 bits per heavy atom. The first-order chi connectivity index (χ1) is 11.1. The molecule has 0 radical (unpaired) electrons. The first-order valence-electron chi connectivity index (χ1n) is 8.53. The van der Waals surface area contributed by atoms with Crippen molar-refractivity contribution in [1.29, 1.82) is 0 Å². The van der Waals surface area contributed by atoms with Gasteiger partial charge in [0, 0.05) is 24.7 Å². The topological polar surface area (TPSA) is 75.4 Å². The third kappa shape index (κ3) is 3.55. The number of hydrogen-bond donors (Lipinski definition) is 2. The number of nitrogens with one attached hydrogen (secondary N) is 1. The van der Waals surface area contributed by atoms with Crippen molar-refractivity contribution < 1.29 is 9.59 Å². The molecule has 5 heteroatoms. The number of nitrogens with two attached hydrogens (primary N) is 1. The standard InChI is InChI=1S/C18H25N3O2/c19-18(10-4-5-11-18)17(23)20-15-8-12-21(13-9-15)16(22)14-6-2-1-3-7-14/h1-3,6-7,15H,4-5,8-13,19H2,(H,20,23). The molecule has 124 valence electrons. The average Bonchev–Trinajstić information content (AvgIpc) is 3.04. The van der Waals surface area contributed by atoms with Gasteiger partial charge in [-0.1, -0.05) is 31.0 Å². The van der Waals surface area contributed by atoms with E-state index < -0.39 is 5.54 Å². The van der Waals surface area contributed by atoms with Crippen LogP contribution in [0.5, 0.6) is 0 Å². The first kappa shape index (κ1) is 16.0. The van der Waals surface area contributed by atoms with Crippen LogP contribution in [0.4, 0.5) is 0 Å². The van der Waals surface area contributed by atoms with Crippen LogP contribution in [-0.2, 0) is 4.79 Å². The fourth-order valence-corrected chi connectivity index (χ4v) is 3.55. The highest BCUT2D eigenvalue weighted by Gasteiger charge is 2.38. The number of piperidine rings is 1. The second kappa shape index (κ2) is 6.71. The first-order valence-corrected chi connectivity index (χ1v) is 8.53. The van der Waals surface area contributed by atoms with E-state index in [1.54, 1.807) is 0 Å². The van der Waals surface area contributed by atoms with Crippen LogP contribution >= 0.6 is 0 Å². The van der Waals surface area contributed by atoms with Gasteiger partial charge in [-0.3, -0.25) is 9.59 Å². The molecular formula is C18H25N3O2. The lowest BCUT2D eigenvalue weighted by Gasteiger charge is -2.34. The van der Waals surface area contributed by atoms with Crippen molar-refractivity contribution in [3.63, 3.8) is 0 Å². The molecular weight excluding hydrogens is 290 g/mol. The van der Waals surface area contributed by atoms with Gasteiger partial charge in [-0.15, -0.1) is 0 Å². The third-order valence-corrected chi connectivity index (χ3v) is 5.09. The Kier molecular flexibility index (Phi) is 4.66. The number of benzene rings is 1. The van der Waals surface area contributed by atoms with Crippen LogP contribution in [0.2, 0.25) is 0 Å². The minimum atomic E-state index is -0.670. The van der Waals surface area contributed by atoms with E-state index in [0.717, 1.165) is 44.1 Å². The number of nitrogens with zero attached hydrogens (tertiary/aromatic N) is 1. The van der Waals surface area contributed by atoms with Crippen molar-refractivity contribution in [2.75, 3.05) is 13.1 Å². The molecule has 0 spiro atoms. The lowest BCUT2D eigenvalue weighted by Crippen LogP contribution is -2.56. The maximum absolute atomic E-state index is 12.4. The molecule has 2 fully saturated rings. The molecule has 23 heavy (non-hydrogen) atoms. The Hall–Kier alpha value is -1.88. The van der Waals surface area contributed by atoms with E-state index in [4.69, 9.17) is 5.73 Å². The molecule has 0 atom stereocenters. The molecule has 1 heterocycles. The predicted molar refractivity (Wildman–Crippen MR) is 88.9 cm³/mol. The van der Waals surface area contributed by atoms with Gasteiger partial charge in [-0.2, -0.15) is 0 Å². The zero-order chi connectivity index (χ0) is 16.3. The molecule has 3 rings (SSSR count). The van der Waals surface area contributed by atoms with Crippen molar-refractivity contribution in [2.45, 2.75) is 50.1 Å². The molecule has 5 nitrogen and oxygen atoms in total. The van der Waals surface area contributed by atoms with Crippen LogP contribution in [-0.4, -0.2) is 41.4 Å². The summed E-state index contributed by atoms with van der Waals surface area (Å²) < 4.78 is 0. The molecule has 0 unspecified atom stereocenters. The number of carbonyl (C=O) groups excluding carboxylic acids is 2. The maximum Gasteiger partial charge on any atom is 0.253 e. The van der Waals surface area contributed by atoms with Gasteiger partial charge < -0.3 is 16.0 Å². The van der Waals surface area contributed by atoms with Crippen LogP contribution in [0.15, 0.2) is 30.3 Å². The summed E-state index contributed by atoms with van der Waals surface area (Å²) in [6.07, 6.45) is 5.22. The van der Waals surface area contributed by atoms with Gasteiger partial charge in [0.2, 0.25) is 5.91 Å². The van der Waals surface area contributed by atoms with Gasteiger partial charge in [0.1, 0.15) is 0 Å². The van der Waals surface area contributed by atoms with Gasteiger partial charge in [-0.05, 0) is 37.8 Å². The number of rotatable bonds is 3. The Morgan fingerprint density at radius 2 is 1.70 bits per heavy atom. The van der Waals surface area contributed by atoms with Gasteiger partial charge in [0.25, 0.3) is 5.91 Å². The minimum Gasteiger partial charge on any atom is -0.352 e. The summed E-state index contributed by atoms with van der Waals surface area (Å²) in [6.45, 7) is 1.35. The van der Waals surface area contributed by atoms with Gasteiger partial charge in [0.05, 0.1) is 5.54 Å². The Labute approximate surface area is 137 Å². The Bertz CT molecular complexity index is 559. The number of likely N-dealkylation sites (tertiary alicyclic amines) is 1. The van der Waals surface area contributed by atoms with Crippen LogP contribution in [0, 0.1) is 0 Å². The van der Waals surface area contributed by atoms with E-state index in [1.807, 2.05) is 35.2 Å². The summed E-state index contributed by atoms with van der Waals surface area (Å²) in [6, 6.07) is 9.47. The van der Waals surface area contributed by atoms with Crippen LogP contribution in [0.25, 0.3) is 0 Å². The predicted octanol–water partition coefficient (Wildman–Crippen LogP) is 1.68.